The molecule has 0 aliphatic carbocycles. The van der Waals surface area contributed by atoms with Crippen LogP contribution in [0.2, 0.25) is 0 Å². The zero-order valence-electron chi connectivity index (χ0n) is 11.8. The molecule has 1 heterocycles. The van der Waals surface area contributed by atoms with Crippen molar-refractivity contribution in [3.05, 3.63) is 0 Å². The van der Waals surface area contributed by atoms with Crippen molar-refractivity contribution in [2.24, 2.45) is 0 Å². The zero-order chi connectivity index (χ0) is 12.2. The van der Waals surface area contributed by atoms with Crippen LogP contribution < -0.4 is 0 Å². The molecule has 0 aromatic carbocycles. The second-order valence-electron chi connectivity index (χ2n) is 5.45. The Balaban J connectivity index is 2.68. The number of rotatable bonds is 4. The molecule has 2 nitrogen and oxygen atoms in total. The fourth-order valence-electron chi connectivity index (χ4n) is 2.36. The zero-order valence-corrected chi connectivity index (χ0v) is 11.8. The highest BCUT2D eigenvalue weighted by Gasteiger charge is 2.32. The van der Waals surface area contributed by atoms with Crippen molar-refractivity contribution >= 4 is 0 Å². The smallest absolute Gasteiger partial charge is 0.0706 e. The summed E-state index contributed by atoms with van der Waals surface area (Å²) in [7, 11) is 0. The third-order valence-corrected chi connectivity index (χ3v) is 4.23. The van der Waals surface area contributed by atoms with E-state index in [9.17, 15) is 0 Å². The summed E-state index contributed by atoms with van der Waals surface area (Å²) in [6.45, 7) is 13.7. The second-order valence-corrected chi connectivity index (χ2v) is 5.45. The van der Waals surface area contributed by atoms with Gasteiger partial charge >= 0.3 is 0 Å². The Kier molecular flexibility index (Phi) is 5.26. The van der Waals surface area contributed by atoms with Gasteiger partial charge in [-0.1, -0.05) is 20.8 Å². The molecule has 1 saturated heterocycles. The maximum absolute atomic E-state index is 6.28. The van der Waals surface area contributed by atoms with Crippen molar-refractivity contribution in [3.8, 4) is 0 Å². The number of hydrogen-bond acceptors (Lipinski definition) is 2. The van der Waals surface area contributed by atoms with E-state index in [2.05, 4.69) is 39.5 Å². The van der Waals surface area contributed by atoms with E-state index >= 15 is 0 Å². The van der Waals surface area contributed by atoms with Gasteiger partial charge in [0.15, 0.2) is 0 Å². The van der Waals surface area contributed by atoms with Crippen molar-refractivity contribution in [1.29, 1.82) is 0 Å². The summed E-state index contributed by atoms with van der Waals surface area (Å²) in [6.07, 6.45) is 5.07. The molecule has 0 radical (unpaired) electrons. The lowest BCUT2D eigenvalue weighted by Crippen LogP contribution is -2.37. The average Bonchev–Trinajstić information content (AvgIpc) is 2.48. The van der Waals surface area contributed by atoms with Crippen LogP contribution in [0.3, 0.4) is 0 Å². The summed E-state index contributed by atoms with van der Waals surface area (Å²) in [5.41, 5.74) is 0.100. The molecule has 0 spiro atoms. The normalized spacial score (nSPS) is 34.7. The minimum atomic E-state index is 0.100. The molecule has 0 aromatic heterocycles. The van der Waals surface area contributed by atoms with Crippen LogP contribution in [0.4, 0.5) is 0 Å². The Morgan fingerprint density at radius 1 is 1.38 bits per heavy atom. The quantitative estimate of drug-likeness (QED) is 0.729. The first kappa shape index (κ1) is 14.0. The second kappa shape index (κ2) is 6.02. The van der Waals surface area contributed by atoms with Gasteiger partial charge in [-0.2, -0.15) is 0 Å². The first-order chi connectivity index (χ1) is 7.54. The summed E-state index contributed by atoms with van der Waals surface area (Å²) in [4.78, 5) is 2.61. The molecular formula is C14H29NO. The molecule has 0 N–H and O–H groups in total. The van der Waals surface area contributed by atoms with E-state index in [0.717, 1.165) is 19.4 Å². The van der Waals surface area contributed by atoms with Crippen LogP contribution >= 0.6 is 0 Å². The van der Waals surface area contributed by atoms with Gasteiger partial charge in [0, 0.05) is 19.1 Å². The minimum Gasteiger partial charge on any atom is -0.371 e. The fraction of sp³-hybridized carbons (Fsp3) is 1.00. The number of hydrogen-bond donors (Lipinski definition) is 0. The van der Waals surface area contributed by atoms with Gasteiger partial charge in [0.25, 0.3) is 0 Å². The number of nitrogens with zero attached hydrogens (tertiary/aromatic N) is 1. The third kappa shape index (κ3) is 3.46. The molecule has 3 atom stereocenters. The standard InChI is InChI=1S/C14H29NO/c1-6-12(4)15-10-9-14(5,8-3)16-13(7-2)11-15/h12-13H,6-11H2,1-5H3/t12-,13-,14-/m1/s1. The summed E-state index contributed by atoms with van der Waals surface area (Å²) in [5, 5.41) is 0. The van der Waals surface area contributed by atoms with Gasteiger partial charge in [0.1, 0.15) is 0 Å². The highest BCUT2D eigenvalue weighted by Crippen LogP contribution is 2.27. The molecule has 1 aliphatic heterocycles. The first-order valence-electron chi connectivity index (χ1n) is 6.96. The molecule has 0 bridgehead atoms. The highest BCUT2D eigenvalue weighted by atomic mass is 16.5. The Labute approximate surface area is 101 Å². The molecule has 1 rings (SSSR count). The van der Waals surface area contributed by atoms with Crippen molar-refractivity contribution < 1.29 is 4.74 Å². The van der Waals surface area contributed by atoms with E-state index in [-0.39, 0.29) is 5.60 Å². The van der Waals surface area contributed by atoms with Crippen LogP contribution in [0.15, 0.2) is 0 Å². The number of ether oxygens (including phenoxy) is 1. The van der Waals surface area contributed by atoms with Crippen molar-refractivity contribution in [3.63, 3.8) is 0 Å². The molecular weight excluding hydrogens is 198 g/mol. The molecule has 0 aromatic rings. The molecule has 0 saturated carbocycles. The summed E-state index contributed by atoms with van der Waals surface area (Å²) >= 11 is 0. The van der Waals surface area contributed by atoms with Gasteiger partial charge in [0.2, 0.25) is 0 Å². The molecule has 1 fully saturated rings. The Morgan fingerprint density at radius 2 is 2.06 bits per heavy atom. The Bertz CT molecular complexity index is 207. The topological polar surface area (TPSA) is 12.5 Å². The first-order valence-corrected chi connectivity index (χ1v) is 6.96. The molecule has 1 aliphatic rings. The van der Waals surface area contributed by atoms with Gasteiger partial charge in [-0.05, 0) is 39.5 Å². The maximum Gasteiger partial charge on any atom is 0.0706 e. The lowest BCUT2D eigenvalue weighted by molar-refractivity contribution is -0.0794. The lowest BCUT2D eigenvalue weighted by atomic mass is 9.98. The van der Waals surface area contributed by atoms with E-state index in [0.29, 0.717) is 12.1 Å². The minimum absolute atomic E-state index is 0.100. The van der Waals surface area contributed by atoms with Crippen molar-refractivity contribution in [1.82, 2.24) is 4.90 Å². The van der Waals surface area contributed by atoms with Gasteiger partial charge in [-0.15, -0.1) is 0 Å². The molecule has 0 unspecified atom stereocenters. The van der Waals surface area contributed by atoms with E-state index in [1.165, 1.54) is 19.4 Å². The largest absolute Gasteiger partial charge is 0.371 e. The Hall–Kier alpha value is -0.0800. The van der Waals surface area contributed by atoms with Crippen LogP contribution in [0.5, 0.6) is 0 Å². The lowest BCUT2D eigenvalue weighted by Gasteiger charge is -2.30. The predicted molar refractivity (Wildman–Crippen MR) is 69.8 cm³/mol. The van der Waals surface area contributed by atoms with E-state index in [1.54, 1.807) is 0 Å². The summed E-state index contributed by atoms with van der Waals surface area (Å²) in [5.74, 6) is 0. The fourth-order valence-corrected chi connectivity index (χ4v) is 2.36. The van der Waals surface area contributed by atoms with Gasteiger partial charge < -0.3 is 4.74 Å². The summed E-state index contributed by atoms with van der Waals surface area (Å²) < 4.78 is 6.28. The van der Waals surface area contributed by atoms with E-state index < -0.39 is 0 Å². The van der Waals surface area contributed by atoms with Crippen LogP contribution in [-0.2, 0) is 4.74 Å². The van der Waals surface area contributed by atoms with E-state index in [1.807, 2.05) is 0 Å². The van der Waals surface area contributed by atoms with Crippen molar-refractivity contribution in [2.75, 3.05) is 13.1 Å². The molecule has 16 heavy (non-hydrogen) atoms. The predicted octanol–water partition coefficient (Wildman–Crippen LogP) is 3.45. The highest BCUT2D eigenvalue weighted by molar-refractivity contribution is 4.84. The van der Waals surface area contributed by atoms with Gasteiger partial charge in [-0.3, -0.25) is 4.90 Å². The van der Waals surface area contributed by atoms with Gasteiger partial charge in [0.05, 0.1) is 11.7 Å². The molecule has 96 valence electrons. The average molecular weight is 227 g/mol. The van der Waals surface area contributed by atoms with Crippen molar-refractivity contribution in [2.45, 2.75) is 78.0 Å². The maximum atomic E-state index is 6.28. The molecule has 0 amide bonds. The monoisotopic (exact) mass is 227 g/mol. The SMILES string of the molecule is CC[C@@H]1CN([C@H](C)CC)CC[C@@](C)(CC)O1. The third-order valence-electron chi connectivity index (χ3n) is 4.23. The summed E-state index contributed by atoms with van der Waals surface area (Å²) in [6, 6.07) is 0.692. The molecule has 2 heteroatoms. The van der Waals surface area contributed by atoms with E-state index in [4.69, 9.17) is 4.74 Å². The van der Waals surface area contributed by atoms with Crippen LogP contribution in [-0.4, -0.2) is 35.7 Å². The Morgan fingerprint density at radius 3 is 2.56 bits per heavy atom. The van der Waals surface area contributed by atoms with Crippen LogP contribution in [0.1, 0.15) is 60.3 Å². The van der Waals surface area contributed by atoms with Crippen LogP contribution in [0.25, 0.3) is 0 Å². The van der Waals surface area contributed by atoms with Crippen LogP contribution in [0, 0.1) is 0 Å². The van der Waals surface area contributed by atoms with Gasteiger partial charge in [-0.25, -0.2) is 0 Å².